The second-order valence-corrected chi connectivity index (χ2v) is 6.49. The molecule has 7 heteroatoms. The van der Waals surface area contributed by atoms with E-state index in [1.54, 1.807) is 17.1 Å². The van der Waals surface area contributed by atoms with E-state index < -0.39 is 0 Å². The molecule has 0 spiro atoms. The van der Waals surface area contributed by atoms with Gasteiger partial charge in [0.2, 0.25) is 5.88 Å². The molecule has 1 aliphatic rings. The number of aromatic nitrogens is 5. The molecule has 0 bridgehead atoms. The first kappa shape index (κ1) is 15.1. The van der Waals surface area contributed by atoms with Crippen LogP contribution in [0.1, 0.15) is 19.3 Å². The van der Waals surface area contributed by atoms with Gasteiger partial charge in [-0.25, -0.2) is 9.50 Å². The lowest BCUT2D eigenvalue weighted by atomic mass is 10.2. The maximum atomic E-state index is 6.31. The van der Waals surface area contributed by atoms with Crippen LogP contribution in [-0.4, -0.2) is 55.5 Å². The number of rotatable bonds is 3. The van der Waals surface area contributed by atoms with Crippen LogP contribution in [0, 0.1) is 0 Å². The predicted molar refractivity (Wildman–Crippen MR) is 91.0 cm³/mol. The summed E-state index contributed by atoms with van der Waals surface area (Å²) >= 11 is 0. The van der Waals surface area contributed by atoms with E-state index in [9.17, 15) is 0 Å². The fourth-order valence-electron chi connectivity index (χ4n) is 3.22. The van der Waals surface area contributed by atoms with Gasteiger partial charge in [-0.15, -0.1) is 0 Å². The summed E-state index contributed by atoms with van der Waals surface area (Å²) < 4.78 is 9.90. The lowest BCUT2D eigenvalue weighted by Gasteiger charge is -2.21. The lowest BCUT2D eigenvalue weighted by Crippen LogP contribution is -2.31. The summed E-state index contributed by atoms with van der Waals surface area (Å²) in [6.07, 6.45) is 11.1. The highest BCUT2D eigenvalue weighted by atomic mass is 16.5. The van der Waals surface area contributed by atoms with Gasteiger partial charge in [-0.1, -0.05) is 0 Å². The molecule has 4 rings (SSSR count). The Morgan fingerprint density at radius 2 is 2.08 bits per heavy atom. The van der Waals surface area contributed by atoms with Crippen LogP contribution < -0.4 is 4.74 Å². The third kappa shape index (κ3) is 2.99. The van der Waals surface area contributed by atoms with E-state index in [0.29, 0.717) is 5.88 Å². The third-order valence-corrected chi connectivity index (χ3v) is 4.47. The molecule has 1 saturated heterocycles. The summed E-state index contributed by atoms with van der Waals surface area (Å²) in [6.45, 7) is 2.06. The minimum atomic E-state index is 0.160. The van der Waals surface area contributed by atoms with Crippen molar-refractivity contribution in [2.45, 2.75) is 25.4 Å². The second-order valence-electron chi connectivity index (χ2n) is 6.49. The third-order valence-electron chi connectivity index (χ3n) is 4.47. The highest BCUT2D eigenvalue weighted by molar-refractivity contribution is 5.63. The van der Waals surface area contributed by atoms with Gasteiger partial charge in [0, 0.05) is 25.4 Å². The number of nitrogens with zero attached hydrogens (tertiary/aromatic N) is 6. The summed E-state index contributed by atoms with van der Waals surface area (Å²) in [5, 5.41) is 8.59. The normalized spacial score (nSPS) is 19.5. The van der Waals surface area contributed by atoms with E-state index in [1.165, 1.54) is 12.8 Å². The molecular formula is C17H22N6O. The highest BCUT2D eigenvalue weighted by Crippen LogP contribution is 2.25. The Kier molecular flexibility index (Phi) is 3.93. The van der Waals surface area contributed by atoms with Crippen molar-refractivity contribution in [3.8, 4) is 17.1 Å². The molecule has 1 atom stereocenters. The zero-order valence-electron chi connectivity index (χ0n) is 14.1. The lowest BCUT2D eigenvalue weighted by molar-refractivity contribution is 0.151. The zero-order chi connectivity index (χ0) is 16.5. The van der Waals surface area contributed by atoms with Gasteiger partial charge in [0.15, 0.2) is 0 Å². The molecule has 1 aliphatic heterocycles. The van der Waals surface area contributed by atoms with Crippen molar-refractivity contribution in [3.05, 3.63) is 30.9 Å². The first-order valence-corrected chi connectivity index (χ1v) is 8.37. The van der Waals surface area contributed by atoms with E-state index in [4.69, 9.17) is 9.72 Å². The van der Waals surface area contributed by atoms with Crippen molar-refractivity contribution in [2.75, 3.05) is 20.1 Å². The Morgan fingerprint density at radius 1 is 1.17 bits per heavy atom. The van der Waals surface area contributed by atoms with Gasteiger partial charge >= 0.3 is 0 Å². The number of fused-ring (bicyclic) bond motifs is 1. The Balaban J connectivity index is 1.69. The quantitative estimate of drug-likeness (QED) is 0.737. The van der Waals surface area contributed by atoms with Gasteiger partial charge < -0.3 is 9.64 Å². The number of likely N-dealkylation sites (N-methyl/N-ethyl adjacent to an activating group) is 1. The molecular weight excluding hydrogens is 304 g/mol. The van der Waals surface area contributed by atoms with Crippen LogP contribution >= 0.6 is 0 Å². The topological polar surface area (TPSA) is 60.5 Å². The van der Waals surface area contributed by atoms with E-state index in [-0.39, 0.29) is 6.10 Å². The van der Waals surface area contributed by atoms with Crippen LogP contribution in [0.3, 0.4) is 0 Å². The SMILES string of the molecule is CN1CCCCC(Oc2nc(-c3cnn(C)c3)cn3nccc23)C1. The van der Waals surface area contributed by atoms with Gasteiger partial charge in [-0.2, -0.15) is 10.2 Å². The summed E-state index contributed by atoms with van der Waals surface area (Å²) in [5.74, 6) is 0.647. The molecule has 126 valence electrons. The Labute approximate surface area is 140 Å². The number of aryl methyl sites for hydroxylation is 1. The highest BCUT2D eigenvalue weighted by Gasteiger charge is 2.20. The van der Waals surface area contributed by atoms with Crippen molar-refractivity contribution in [1.29, 1.82) is 0 Å². The van der Waals surface area contributed by atoms with Crippen molar-refractivity contribution in [1.82, 2.24) is 29.3 Å². The molecule has 1 fully saturated rings. The van der Waals surface area contributed by atoms with Gasteiger partial charge in [-0.05, 0) is 38.9 Å². The molecule has 0 saturated carbocycles. The van der Waals surface area contributed by atoms with Crippen molar-refractivity contribution < 1.29 is 4.74 Å². The Morgan fingerprint density at radius 3 is 2.92 bits per heavy atom. The van der Waals surface area contributed by atoms with Gasteiger partial charge in [0.1, 0.15) is 11.6 Å². The summed E-state index contributed by atoms with van der Waals surface area (Å²) in [4.78, 5) is 7.08. The van der Waals surface area contributed by atoms with Gasteiger partial charge in [0.25, 0.3) is 0 Å². The largest absolute Gasteiger partial charge is 0.471 e. The van der Waals surface area contributed by atoms with E-state index >= 15 is 0 Å². The van der Waals surface area contributed by atoms with Crippen LogP contribution in [0.2, 0.25) is 0 Å². The summed E-state index contributed by atoms with van der Waals surface area (Å²) in [6, 6.07) is 1.94. The van der Waals surface area contributed by atoms with Crippen molar-refractivity contribution in [2.24, 2.45) is 7.05 Å². The van der Waals surface area contributed by atoms with E-state index in [2.05, 4.69) is 22.1 Å². The fourth-order valence-corrected chi connectivity index (χ4v) is 3.22. The molecule has 0 aromatic carbocycles. The number of likely N-dealkylation sites (tertiary alicyclic amines) is 1. The van der Waals surface area contributed by atoms with E-state index in [1.807, 2.05) is 30.0 Å². The van der Waals surface area contributed by atoms with Crippen LogP contribution in [0.25, 0.3) is 16.8 Å². The van der Waals surface area contributed by atoms with Crippen molar-refractivity contribution in [3.63, 3.8) is 0 Å². The average Bonchev–Trinajstić information content (AvgIpc) is 3.15. The van der Waals surface area contributed by atoms with Gasteiger partial charge in [-0.3, -0.25) is 4.68 Å². The molecule has 4 heterocycles. The molecule has 0 radical (unpaired) electrons. The van der Waals surface area contributed by atoms with Crippen molar-refractivity contribution >= 4 is 5.52 Å². The maximum Gasteiger partial charge on any atom is 0.241 e. The first-order chi connectivity index (χ1) is 11.7. The number of ether oxygens (including phenoxy) is 1. The molecule has 0 aliphatic carbocycles. The van der Waals surface area contributed by atoms with Crippen LogP contribution in [-0.2, 0) is 7.05 Å². The molecule has 3 aromatic heterocycles. The molecule has 3 aromatic rings. The van der Waals surface area contributed by atoms with Crippen LogP contribution in [0.5, 0.6) is 5.88 Å². The smallest absolute Gasteiger partial charge is 0.241 e. The summed E-state index contributed by atoms with van der Waals surface area (Å²) in [7, 11) is 4.05. The summed E-state index contributed by atoms with van der Waals surface area (Å²) in [5.41, 5.74) is 2.67. The molecule has 0 amide bonds. The Hall–Kier alpha value is -2.41. The maximum absolute atomic E-state index is 6.31. The Bertz CT molecular complexity index is 839. The molecule has 0 N–H and O–H groups in total. The predicted octanol–water partition coefficient (Wildman–Crippen LogP) is 1.99. The zero-order valence-corrected chi connectivity index (χ0v) is 14.1. The first-order valence-electron chi connectivity index (χ1n) is 8.37. The van der Waals surface area contributed by atoms with E-state index in [0.717, 1.165) is 36.3 Å². The molecule has 7 nitrogen and oxygen atoms in total. The number of hydrogen-bond acceptors (Lipinski definition) is 5. The average molecular weight is 326 g/mol. The van der Waals surface area contributed by atoms with Gasteiger partial charge in [0.05, 0.1) is 24.3 Å². The molecule has 1 unspecified atom stereocenters. The standard InChI is InChI=1S/C17H22N6O/c1-21-8-4-3-5-14(11-21)24-17-16-6-7-18-23(16)12-15(20-17)13-9-19-22(2)10-13/h6-7,9-10,12,14H,3-5,8,11H2,1-2H3. The van der Waals surface area contributed by atoms with Crippen LogP contribution in [0.15, 0.2) is 30.9 Å². The molecule has 24 heavy (non-hydrogen) atoms. The minimum absolute atomic E-state index is 0.160. The number of hydrogen-bond donors (Lipinski definition) is 0. The fraction of sp³-hybridized carbons (Fsp3) is 0.471. The van der Waals surface area contributed by atoms with Crippen LogP contribution in [0.4, 0.5) is 0 Å². The monoisotopic (exact) mass is 326 g/mol. The second kappa shape index (κ2) is 6.24. The minimum Gasteiger partial charge on any atom is -0.471 e.